The van der Waals surface area contributed by atoms with Gasteiger partial charge in [-0.3, -0.25) is 0 Å². The number of hydrogen-bond donors (Lipinski definition) is 1. The first kappa shape index (κ1) is 8.17. The number of nitrogens with one attached hydrogen (secondary N) is 1. The number of anilines is 1. The van der Waals surface area contributed by atoms with Gasteiger partial charge in [0.05, 0.1) is 0 Å². The molecule has 1 N–H and O–H groups in total. The van der Waals surface area contributed by atoms with Crippen molar-refractivity contribution in [2.45, 2.75) is 12.3 Å². The number of rotatable bonds is 0. The first-order valence-electron chi connectivity index (χ1n) is 6.01. The summed E-state index contributed by atoms with van der Waals surface area (Å²) >= 11 is 0. The van der Waals surface area contributed by atoms with Gasteiger partial charge in [0.15, 0.2) is 0 Å². The molecular weight excluding hydrogens is 184 g/mol. The quantitative estimate of drug-likeness (QED) is 0.680. The molecule has 3 heterocycles. The Morgan fingerprint density at radius 1 is 1.27 bits per heavy atom. The third kappa shape index (κ3) is 0.979. The lowest BCUT2D eigenvalue weighted by Gasteiger charge is -2.35. The monoisotopic (exact) mass is 200 g/mol. The van der Waals surface area contributed by atoms with E-state index in [2.05, 4.69) is 28.4 Å². The van der Waals surface area contributed by atoms with E-state index >= 15 is 0 Å². The van der Waals surface area contributed by atoms with Crippen molar-refractivity contribution >= 4 is 5.69 Å². The second kappa shape index (κ2) is 2.76. The molecule has 1 saturated heterocycles. The van der Waals surface area contributed by atoms with Gasteiger partial charge in [-0.05, 0) is 23.5 Å². The maximum absolute atomic E-state index is 3.54. The maximum Gasteiger partial charge on any atom is 0.0435 e. The minimum atomic E-state index is 0.786. The summed E-state index contributed by atoms with van der Waals surface area (Å²) < 4.78 is 0. The van der Waals surface area contributed by atoms with Crippen LogP contribution >= 0.6 is 0 Å². The van der Waals surface area contributed by atoms with Gasteiger partial charge in [0.1, 0.15) is 0 Å². The van der Waals surface area contributed by atoms with Gasteiger partial charge in [-0.25, -0.2) is 0 Å². The molecule has 0 aliphatic carbocycles. The highest BCUT2D eigenvalue weighted by molar-refractivity contribution is 5.66. The lowest BCUT2D eigenvalue weighted by Crippen LogP contribution is -2.35. The topological polar surface area (TPSA) is 15.3 Å². The number of para-hydroxylation sites is 1. The van der Waals surface area contributed by atoms with Crippen molar-refractivity contribution in [1.82, 2.24) is 5.32 Å². The molecule has 15 heavy (non-hydrogen) atoms. The summed E-state index contributed by atoms with van der Waals surface area (Å²) in [4.78, 5) is 2.61. The molecule has 0 radical (unpaired) electrons. The molecule has 3 aliphatic heterocycles. The molecule has 2 atom stereocenters. The molecular formula is C13H16N2. The van der Waals surface area contributed by atoms with E-state index in [1.807, 2.05) is 0 Å². The van der Waals surface area contributed by atoms with E-state index in [4.69, 9.17) is 0 Å². The molecule has 0 bridgehead atoms. The third-order valence-electron chi connectivity index (χ3n) is 4.31. The van der Waals surface area contributed by atoms with Crippen LogP contribution in [0.25, 0.3) is 0 Å². The molecule has 0 amide bonds. The maximum atomic E-state index is 3.54. The zero-order chi connectivity index (χ0) is 9.83. The molecule has 4 rings (SSSR count). The van der Waals surface area contributed by atoms with E-state index in [9.17, 15) is 0 Å². The smallest absolute Gasteiger partial charge is 0.0435 e. The minimum Gasteiger partial charge on any atom is -0.370 e. The second-order valence-corrected chi connectivity index (χ2v) is 5.08. The molecule has 0 aromatic heterocycles. The van der Waals surface area contributed by atoms with Gasteiger partial charge in [0.2, 0.25) is 0 Å². The van der Waals surface area contributed by atoms with Crippen molar-refractivity contribution in [3.05, 3.63) is 29.3 Å². The summed E-state index contributed by atoms with van der Waals surface area (Å²) in [7, 11) is 0. The van der Waals surface area contributed by atoms with Crippen LogP contribution in [0.1, 0.15) is 17.0 Å². The van der Waals surface area contributed by atoms with Crippen molar-refractivity contribution in [3.63, 3.8) is 0 Å². The lowest BCUT2D eigenvalue weighted by molar-refractivity contribution is 0.491. The Morgan fingerprint density at radius 3 is 3.27 bits per heavy atom. The highest BCUT2D eigenvalue weighted by atomic mass is 15.2. The summed E-state index contributed by atoms with van der Waals surface area (Å²) in [6.45, 7) is 4.93. The molecule has 1 fully saturated rings. The van der Waals surface area contributed by atoms with Gasteiger partial charge < -0.3 is 10.2 Å². The average Bonchev–Trinajstić information content (AvgIpc) is 2.87. The van der Waals surface area contributed by atoms with Gasteiger partial charge in [0, 0.05) is 37.8 Å². The van der Waals surface area contributed by atoms with Crippen LogP contribution in [0.4, 0.5) is 5.69 Å². The van der Waals surface area contributed by atoms with E-state index < -0.39 is 0 Å². The summed E-state index contributed by atoms with van der Waals surface area (Å²) in [6.07, 6.45) is 1.26. The standard InChI is InChI=1S/C13H16N2/c1-2-9-4-5-15-8-10-6-14-7-12(10)11(3-1)13(9)15/h1-3,10,12,14H,4-8H2/t10-,12-/m0/s1. The summed E-state index contributed by atoms with van der Waals surface area (Å²) in [5.41, 5.74) is 4.78. The van der Waals surface area contributed by atoms with Crippen LogP contribution in [0.5, 0.6) is 0 Å². The normalized spacial score (nSPS) is 31.6. The van der Waals surface area contributed by atoms with Crippen LogP contribution in [-0.4, -0.2) is 26.2 Å². The Kier molecular flexibility index (Phi) is 1.50. The van der Waals surface area contributed by atoms with Crippen LogP contribution in [0.3, 0.4) is 0 Å². The molecule has 0 unspecified atom stereocenters. The molecule has 2 heteroatoms. The van der Waals surface area contributed by atoms with Crippen LogP contribution in [-0.2, 0) is 6.42 Å². The van der Waals surface area contributed by atoms with Gasteiger partial charge in [-0.1, -0.05) is 18.2 Å². The number of hydrogen-bond acceptors (Lipinski definition) is 2. The Morgan fingerprint density at radius 2 is 2.27 bits per heavy atom. The second-order valence-electron chi connectivity index (χ2n) is 5.08. The van der Waals surface area contributed by atoms with E-state index in [1.165, 1.54) is 32.6 Å². The summed E-state index contributed by atoms with van der Waals surface area (Å²) in [5, 5.41) is 3.54. The highest BCUT2D eigenvalue weighted by Crippen LogP contribution is 2.44. The van der Waals surface area contributed by atoms with E-state index in [1.54, 1.807) is 16.8 Å². The lowest BCUT2D eigenvalue weighted by atomic mass is 9.83. The summed E-state index contributed by atoms with van der Waals surface area (Å²) in [6, 6.07) is 6.90. The van der Waals surface area contributed by atoms with Crippen molar-refractivity contribution in [2.24, 2.45) is 5.92 Å². The number of nitrogens with zero attached hydrogens (tertiary/aromatic N) is 1. The number of benzene rings is 1. The van der Waals surface area contributed by atoms with Gasteiger partial charge in [0.25, 0.3) is 0 Å². The van der Waals surface area contributed by atoms with E-state index in [-0.39, 0.29) is 0 Å². The summed E-state index contributed by atoms with van der Waals surface area (Å²) in [5.74, 6) is 1.64. The fourth-order valence-corrected chi connectivity index (χ4v) is 3.62. The Hall–Kier alpha value is -1.02. The largest absolute Gasteiger partial charge is 0.370 e. The molecule has 2 nitrogen and oxygen atoms in total. The van der Waals surface area contributed by atoms with Crippen molar-refractivity contribution in [1.29, 1.82) is 0 Å². The van der Waals surface area contributed by atoms with E-state index in [0.29, 0.717) is 0 Å². The average molecular weight is 200 g/mol. The Balaban J connectivity index is 1.92. The molecule has 3 aliphatic rings. The fourth-order valence-electron chi connectivity index (χ4n) is 3.62. The van der Waals surface area contributed by atoms with E-state index in [0.717, 1.165) is 11.8 Å². The zero-order valence-corrected chi connectivity index (χ0v) is 8.87. The predicted molar refractivity (Wildman–Crippen MR) is 61.5 cm³/mol. The SMILES string of the molecule is c1cc2c3c(c1)[C@H]1CNC[C@H]1CN3CC2. The first-order chi connectivity index (χ1) is 7.43. The van der Waals surface area contributed by atoms with Gasteiger partial charge >= 0.3 is 0 Å². The zero-order valence-electron chi connectivity index (χ0n) is 8.87. The van der Waals surface area contributed by atoms with Crippen LogP contribution in [0, 0.1) is 5.92 Å². The van der Waals surface area contributed by atoms with Crippen LogP contribution in [0.2, 0.25) is 0 Å². The highest BCUT2D eigenvalue weighted by Gasteiger charge is 2.39. The van der Waals surface area contributed by atoms with Gasteiger partial charge in [-0.15, -0.1) is 0 Å². The Bertz CT molecular complexity index is 413. The Labute approximate surface area is 90.3 Å². The molecule has 1 aromatic carbocycles. The van der Waals surface area contributed by atoms with Crippen molar-refractivity contribution < 1.29 is 0 Å². The van der Waals surface area contributed by atoms with Gasteiger partial charge in [-0.2, -0.15) is 0 Å². The molecule has 78 valence electrons. The fraction of sp³-hybridized carbons (Fsp3) is 0.538. The van der Waals surface area contributed by atoms with Crippen LogP contribution < -0.4 is 10.2 Å². The van der Waals surface area contributed by atoms with Crippen molar-refractivity contribution in [3.8, 4) is 0 Å². The molecule has 0 saturated carbocycles. The van der Waals surface area contributed by atoms with Crippen molar-refractivity contribution in [2.75, 3.05) is 31.1 Å². The molecule has 1 aromatic rings. The third-order valence-corrected chi connectivity index (χ3v) is 4.31. The van der Waals surface area contributed by atoms with Crippen LogP contribution in [0.15, 0.2) is 18.2 Å². The number of fused-ring (bicyclic) bond motifs is 2. The molecule has 0 spiro atoms. The predicted octanol–water partition coefficient (Wildman–Crippen LogP) is 1.37. The minimum absolute atomic E-state index is 0.786. The first-order valence-corrected chi connectivity index (χ1v) is 6.01.